The number of nitrogens with one attached hydrogen (secondary N) is 1. The number of rotatable bonds is 3. The fraction of sp³-hybridized carbons (Fsp3) is 0. The lowest BCUT2D eigenvalue weighted by atomic mass is 10.2. The zero-order valence-electron chi connectivity index (χ0n) is 9.50. The van der Waals surface area contributed by atoms with Gasteiger partial charge in [-0.3, -0.25) is 9.78 Å². The number of carboxylic acid groups (broad SMARTS) is 1. The third-order valence-electron chi connectivity index (χ3n) is 2.29. The molecule has 7 heteroatoms. The highest BCUT2D eigenvalue weighted by molar-refractivity contribution is 9.10. The number of carbonyl (C=O) groups is 2. The first-order chi connectivity index (χ1) is 9.08. The van der Waals surface area contributed by atoms with Crippen LogP contribution >= 0.6 is 15.9 Å². The van der Waals surface area contributed by atoms with Gasteiger partial charge in [0, 0.05) is 18.0 Å². The molecular formula is C12H8BrN3O3. The van der Waals surface area contributed by atoms with Gasteiger partial charge in [-0.15, -0.1) is 0 Å². The standard InChI is InChI=1S/C12H8BrN3O3/c13-10-5-7(1-4-15-10)11(17)16-9-6-14-3-2-8(9)12(18)19/h1-6H,(H,16,17)(H,18,19). The lowest BCUT2D eigenvalue weighted by Gasteiger charge is -2.07. The van der Waals surface area contributed by atoms with Crippen molar-refractivity contribution in [3.63, 3.8) is 0 Å². The Morgan fingerprint density at radius 3 is 2.74 bits per heavy atom. The second-order valence-corrected chi connectivity index (χ2v) is 4.36. The predicted octanol–water partition coefficient (Wildman–Crippen LogP) is 2.19. The third-order valence-corrected chi connectivity index (χ3v) is 2.72. The second kappa shape index (κ2) is 5.57. The summed E-state index contributed by atoms with van der Waals surface area (Å²) in [4.78, 5) is 30.7. The van der Waals surface area contributed by atoms with Crippen LogP contribution in [0.25, 0.3) is 0 Å². The molecule has 0 bridgehead atoms. The second-order valence-electron chi connectivity index (χ2n) is 3.55. The fourth-order valence-electron chi connectivity index (χ4n) is 1.42. The molecule has 96 valence electrons. The van der Waals surface area contributed by atoms with Crippen LogP contribution in [0.1, 0.15) is 20.7 Å². The first kappa shape index (κ1) is 13.2. The Morgan fingerprint density at radius 2 is 2.05 bits per heavy atom. The van der Waals surface area contributed by atoms with Crippen LogP contribution in [-0.2, 0) is 0 Å². The zero-order valence-corrected chi connectivity index (χ0v) is 11.1. The predicted molar refractivity (Wildman–Crippen MR) is 71.1 cm³/mol. The summed E-state index contributed by atoms with van der Waals surface area (Å²) in [7, 11) is 0. The summed E-state index contributed by atoms with van der Waals surface area (Å²) in [5.74, 6) is -1.56. The minimum Gasteiger partial charge on any atom is -0.478 e. The molecule has 0 aliphatic carbocycles. The Bertz CT molecular complexity index is 646. The van der Waals surface area contributed by atoms with Crippen molar-refractivity contribution in [3.8, 4) is 0 Å². The molecule has 0 aliphatic heterocycles. The molecule has 19 heavy (non-hydrogen) atoms. The lowest BCUT2D eigenvalue weighted by molar-refractivity contribution is 0.0698. The number of halogens is 1. The molecule has 0 saturated heterocycles. The van der Waals surface area contributed by atoms with Crippen molar-refractivity contribution in [3.05, 3.63) is 52.5 Å². The Labute approximate surface area is 116 Å². The van der Waals surface area contributed by atoms with Crippen molar-refractivity contribution in [1.82, 2.24) is 9.97 Å². The summed E-state index contributed by atoms with van der Waals surface area (Å²) < 4.78 is 0.518. The highest BCUT2D eigenvalue weighted by Gasteiger charge is 2.13. The quantitative estimate of drug-likeness (QED) is 0.845. The number of amides is 1. The van der Waals surface area contributed by atoms with Gasteiger partial charge >= 0.3 is 5.97 Å². The summed E-state index contributed by atoms with van der Waals surface area (Å²) in [6.07, 6.45) is 4.11. The van der Waals surface area contributed by atoms with Crippen molar-refractivity contribution in [1.29, 1.82) is 0 Å². The molecule has 0 fully saturated rings. The van der Waals surface area contributed by atoms with E-state index in [4.69, 9.17) is 5.11 Å². The van der Waals surface area contributed by atoms with Gasteiger partial charge in [0.05, 0.1) is 17.4 Å². The molecule has 1 amide bonds. The number of carbonyl (C=O) groups excluding carboxylic acids is 1. The molecule has 0 spiro atoms. The van der Waals surface area contributed by atoms with Gasteiger partial charge in [0.25, 0.3) is 5.91 Å². The van der Waals surface area contributed by atoms with E-state index >= 15 is 0 Å². The number of aromatic nitrogens is 2. The molecule has 0 aliphatic rings. The monoisotopic (exact) mass is 321 g/mol. The number of pyridine rings is 2. The van der Waals surface area contributed by atoms with Gasteiger partial charge in [-0.25, -0.2) is 9.78 Å². The number of aromatic carboxylic acids is 1. The van der Waals surface area contributed by atoms with E-state index in [2.05, 4.69) is 31.2 Å². The lowest BCUT2D eigenvalue weighted by Crippen LogP contribution is -2.15. The van der Waals surface area contributed by atoms with E-state index in [0.29, 0.717) is 10.2 Å². The Morgan fingerprint density at radius 1 is 1.26 bits per heavy atom. The van der Waals surface area contributed by atoms with E-state index < -0.39 is 11.9 Å². The Hall–Kier alpha value is -2.28. The molecule has 2 aromatic rings. The average molecular weight is 322 g/mol. The van der Waals surface area contributed by atoms with Crippen LogP contribution in [0.15, 0.2) is 41.4 Å². The van der Waals surface area contributed by atoms with Crippen LogP contribution in [0.3, 0.4) is 0 Å². The molecule has 0 radical (unpaired) electrons. The molecule has 0 aromatic carbocycles. The SMILES string of the molecule is O=C(Nc1cnccc1C(=O)O)c1ccnc(Br)c1. The van der Waals surface area contributed by atoms with Gasteiger partial charge in [-0.1, -0.05) is 0 Å². The van der Waals surface area contributed by atoms with Crippen LogP contribution in [0, 0.1) is 0 Å². The van der Waals surface area contributed by atoms with Gasteiger partial charge in [0.1, 0.15) is 4.60 Å². The number of anilines is 1. The smallest absolute Gasteiger partial charge is 0.337 e. The van der Waals surface area contributed by atoms with Crippen molar-refractivity contribution >= 4 is 33.5 Å². The van der Waals surface area contributed by atoms with Gasteiger partial charge < -0.3 is 10.4 Å². The van der Waals surface area contributed by atoms with Gasteiger partial charge in [0.2, 0.25) is 0 Å². The van der Waals surface area contributed by atoms with Crippen molar-refractivity contribution in [2.45, 2.75) is 0 Å². The topological polar surface area (TPSA) is 92.2 Å². The van der Waals surface area contributed by atoms with E-state index in [1.54, 1.807) is 0 Å². The summed E-state index contributed by atoms with van der Waals surface area (Å²) in [6, 6.07) is 4.38. The normalized spacial score (nSPS) is 9.95. The first-order valence-corrected chi connectivity index (χ1v) is 5.97. The van der Waals surface area contributed by atoms with Gasteiger partial charge in [-0.05, 0) is 34.1 Å². The van der Waals surface area contributed by atoms with Gasteiger partial charge in [0.15, 0.2) is 0 Å². The van der Waals surface area contributed by atoms with E-state index in [9.17, 15) is 9.59 Å². The minimum absolute atomic E-state index is 0.0172. The maximum absolute atomic E-state index is 12.0. The highest BCUT2D eigenvalue weighted by atomic mass is 79.9. The Balaban J connectivity index is 2.27. The number of hydrogen-bond acceptors (Lipinski definition) is 4. The zero-order chi connectivity index (χ0) is 13.8. The summed E-state index contributed by atoms with van der Waals surface area (Å²) >= 11 is 3.16. The third kappa shape index (κ3) is 3.14. The van der Waals surface area contributed by atoms with Crippen molar-refractivity contribution in [2.75, 3.05) is 5.32 Å². The van der Waals surface area contributed by atoms with Gasteiger partial charge in [-0.2, -0.15) is 0 Å². The van der Waals surface area contributed by atoms with E-state index in [1.165, 1.54) is 36.8 Å². The molecular weight excluding hydrogens is 314 g/mol. The fourth-order valence-corrected chi connectivity index (χ4v) is 1.78. The average Bonchev–Trinajstić information content (AvgIpc) is 2.39. The maximum Gasteiger partial charge on any atom is 0.337 e. The molecule has 0 saturated carbocycles. The van der Waals surface area contributed by atoms with Crippen LogP contribution in [0.5, 0.6) is 0 Å². The maximum atomic E-state index is 12.0. The number of hydrogen-bond donors (Lipinski definition) is 2. The highest BCUT2D eigenvalue weighted by Crippen LogP contribution is 2.15. The summed E-state index contributed by atoms with van der Waals surface area (Å²) in [5, 5.41) is 11.5. The first-order valence-electron chi connectivity index (χ1n) is 5.18. The van der Waals surface area contributed by atoms with E-state index in [0.717, 1.165) is 0 Å². The largest absolute Gasteiger partial charge is 0.478 e. The van der Waals surface area contributed by atoms with E-state index in [1.807, 2.05) is 0 Å². The molecule has 2 rings (SSSR count). The van der Waals surface area contributed by atoms with Crippen molar-refractivity contribution < 1.29 is 14.7 Å². The molecule has 0 atom stereocenters. The van der Waals surface area contributed by atoms with Crippen LogP contribution in [0.4, 0.5) is 5.69 Å². The molecule has 2 N–H and O–H groups in total. The van der Waals surface area contributed by atoms with Crippen LogP contribution < -0.4 is 5.32 Å². The molecule has 6 nitrogen and oxygen atoms in total. The number of carboxylic acids is 1. The molecule has 2 aromatic heterocycles. The Kier molecular flexibility index (Phi) is 3.86. The molecule has 2 heterocycles. The minimum atomic E-state index is -1.13. The van der Waals surface area contributed by atoms with E-state index in [-0.39, 0.29) is 11.3 Å². The summed E-state index contributed by atoms with van der Waals surface area (Å²) in [5.41, 5.74) is 0.492. The molecule has 0 unspecified atom stereocenters. The number of nitrogens with zero attached hydrogens (tertiary/aromatic N) is 2. The summed E-state index contributed by atoms with van der Waals surface area (Å²) in [6.45, 7) is 0. The van der Waals surface area contributed by atoms with Crippen LogP contribution in [0.2, 0.25) is 0 Å². The van der Waals surface area contributed by atoms with Crippen LogP contribution in [-0.4, -0.2) is 27.0 Å². The van der Waals surface area contributed by atoms with Crippen molar-refractivity contribution in [2.24, 2.45) is 0 Å².